The van der Waals surface area contributed by atoms with Crippen LogP contribution in [0.2, 0.25) is 0 Å². The van der Waals surface area contributed by atoms with E-state index in [2.05, 4.69) is 15.2 Å². The molecule has 10 heteroatoms. The van der Waals surface area contributed by atoms with Crippen molar-refractivity contribution in [2.45, 2.75) is 25.8 Å². The highest BCUT2D eigenvalue weighted by molar-refractivity contribution is 7.10. The van der Waals surface area contributed by atoms with Crippen LogP contribution in [-0.4, -0.2) is 60.6 Å². The molecule has 1 fully saturated rings. The highest BCUT2D eigenvalue weighted by atomic mass is 32.1. The average molecular weight is 446 g/mol. The summed E-state index contributed by atoms with van der Waals surface area (Å²) in [6.45, 7) is 4.64. The fraction of sp³-hybridized carbons (Fsp3) is 0.429. The molecule has 0 aromatic carbocycles. The first-order chi connectivity index (χ1) is 15.0. The van der Waals surface area contributed by atoms with Crippen LogP contribution in [0.15, 0.2) is 35.8 Å². The van der Waals surface area contributed by atoms with Gasteiger partial charge in [-0.25, -0.2) is 14.6 Å². The van der Waals surface area contributed by atoms with Crippen molar-refractivity contribution in [3.8, 4) is 0 Å². The minimum atomic E-state index is -0.648. The number of carbonyl (C=O) groups is 3. The number of nitrogens with one attached hydrogen (secondary N) is 1. The molecule has 1 saturated heterocycles. The van der Waals surface area contributed by atoms with Gasteiger partial charge in [-0.05, 0) is 36.9 Å². The number of rotatable bonds is 7. The Kier molecular flexibility index (Phi) is 7.82. The second kappa shape index (κ2) is 10.8. The van der Waals surface area contributed by atoms with Crippen molar-refractivity contribution in [1.82, 2.24) is 15.2 Å². The lowest BCUT2D eigenvalue weighted by atomic mass is 10.1. The number of esters is 1. The van der Waals surface area contributed by atoms with Gasteiger partial charge in [-0.2, -0.15) is 0 Å². The second-order valence-corrected chi connectivity index (χ2v) is 8.11. The number of urea groups is 1. The van der Waals surface area contributed by atoms with E-state index in [9.17, 15) is 14.4 Å². The number of ether oxygens (including phenoxy) is 1. The Bertz CT molecular complexity index is 888. The lowest BCUT2D eigenvalue weighted by molar-refractivity contribution is -0.131. The van der Waals surface area contributed by atoms with Crippen molar-refractivity contribution < 1.29 is 19.1 Å². The van der Waals surface area contributed by atoms with Crippen molar-refractivity contribution in [3.05, 3.63) is 46.3 Å². The largest absolute Gasteiger partial charge is 0.462 e. The summed E-state index contributed by atoms with van der Waals surface area (Å²) >= 11 is 1.48. The maximum Gasteiger partial charge on any atom is 0.339 e. The molecule has 2 aromatic rings. The topological polar surface area (TPSA) is 118 Å². The van der Waals surface area contributed by atoms with Crippen molar-refractivity contribution in [3.63, 3.8) is 0 Å². The summed E-state index contributed by atoms with van der Waals surface area (Å²) in [7, 11) is 0. The summed E-state index contributed by atoms with van der Waals surface area (Å²) in [6.07, 6.45) is 2.47. The van der Waals surface area contributed by atoms with Crippen LogP contribution in [0.3, 0.4) is 0 Å². The number of hydrogen-bond acceptors (Lipinski definition) is 7. The van der Waals surface area contributed by atoms with Crippen molar-refractivity contribution in [2.24, 2.45) is 5.73 Å². The van der Waals surface area contributed by atoms with Gasteiger partial charge in [0, 0.05) is 37.3 Å². The van der Waals surface area contributed by atoms with E-state index in [1.165, 1.54) is 17.5 Å². The van der Waals surface area contributed by atoms with Crippen LogP contribution in [0.4, 0.5) is 10.6 Å². The molecule has 1 atom stereocenters. The zero-order chi connectivity index (χ0) is 22.2. The van der Waals surface area contributed by atoms with Gasteiger partial charge in [0.15, 0.2) is 0 Å². The Morgan fingerprint density at radius 1 is 1.23 bits per heavy atom. The number of amides is 3. The first-order valence-corrected chi connectivity index (χ1v) is 11.1. The third-order valence-electron chi connectivity index (χ3n) is 5.01. The predicted molar refractivity (Wildman–Crippen MR) is 118 cm³/mol. The smallest absolute Gasteiger partial charge is 0.339 e. The molecule has 3 rings (SSSR count). The lowest BCUT2D eigenvalue weighted by Crippen LogP contribution is -2.39. The number of hydrogen-bond donors (Lipinski definition) is 2. The molecule has 31 heavy (non-hydrogen) atoms. The van der Waals surface area contributed by atoms with E-state index >= 15 is 0 Å². The molecule has 3 N–H and O–H groups in total. The van der Waals surface area contributed by atoms with E-state index in [1.807, 2.05) is 22.4 Å². The third kappa shape index (κ3) is 6.17. The fourth-order valence-electron chi connectivity index (χ4n) is 3.49. The van der Waals surface area contributed by atoms with Crippen molar-refractivity contribution in [1.29, 1.82) is 0 Å². The monoisotopic (exact) mass is 445 g/mol. The SMILES string of the molecule is CCOC(=O)c1ccc(N2CCCN(C(=O)CC(NC(N)=O)c3cccs3)CC2)nc1. The van der Waals surface area contributed by atoms with Gasteiger partial charge < -0.3 is 25.6 Å². The predicted octanol–water partition coefficient (Wildman–Crippen LogP) is 2.16. The van der Waals surface area contributed by atoms with Crippen LogP contribution in [-0.2, 0) is 9.53 Å². The Balaban J connectivity index is 1.59. The molecule has 1 aliphatic rings. The van der Waals surface area contributed by atoms with Crippen LogP contribution in [0, 0.1) is 0 Å². The molecule has 0 aliphatic carbocycles. The van der Waals surface area contributed by atoms with E-state index in [-0.39, 0.29) is 18.3 Å². The fourth-order valence-corrected chi connectivity index (χ4v) is 4.27. The first-order valence-electron chi connectivity index (χ1n) is 10.2. The molecular formula is C21H27N5O4S. The number of primary amides is 1. The van der Waals surface area contributed by atoms with Crippen LogP contribution < -0.4 is 16.0 Å². The van der Waals surface area contributed by atoms with E-state index < -0.39 is 12.1 Å². The van der Waals surface area contributed by atoms with E-state index in [1.54, 1.807) is 19.1 Å². The Morgan fingerprint density at radius 2 is 2.06 bits per heavy atom. The number of aromatic nitrogens is 1. The summed E-state index contributed by atoms with van der Waals surface area (Å²) in [5.41, 5.74) is 5.71. The Morgan fingerprint density at radius 3 is 2.71 bits per heavy atom. The van der Waals surface area contributed by atoms with Crippen LogP contribution >= 0.6 is 11.3 Å². The quantitative estimate of drug-likeness (QED) is 0.631. The molecule has 0 radical (unpaired) electrons. The van der Waals surface area contributed by atoms with Crippen LogP contribution in [0.1, 0.15) is 41.0 Å². The van der Waals surface area contributed by atoms with Gasteiger partial charge in [-0.15, -0.1) is 11.3 Å². The van der Waals surface area contributed by atoms with E-state index in [4.69, 9.17) is 10.5 Å². The second-order valence-electron chi connectivity index (χ2n) is 7.13. The van der Waals surface area contributed by atoms with Gasteiger partial charge in [0.2, 0.25) is 5.91 Å². The molecule has 2 aromatic heterocycles. The summed E-state index contributed by atoms with van der Waals surface area (Å²) in [6, 6.07) is 6.19. The summed E-state index contributed by atoms with van der Waals surface area (Å²) in [5, 5.41) is 4.57. The van der Waals surface area contributed by atoms with Gasteiger partial charge in [-0.3, -0.25) is 4.79 Å². The van der Waals surface area contributed by atoms with Gasteiger partial charge in [0.25, 0.3) is 0 Å². The summed E-state index contributed by atoms with van der Waals surface area (Å²) in [5.74, 6) is 0.341. The maximum absolute atomic E-state index is 12.9. The molecule has 0 saturated carbocycles. The zero-order valence-corrected chi connectivity index (χ0v) is 18.3. The van der Waals surface area contributed by atoms with E-state index in [0.29, 0.717) is 31.8 Å². The molecule has 0 bridgehead atoms. The normalized spacial score (nSPS) is 15.1. The molecule has 166 valence electrons. The van der Waals surface area contributed by atoms with Crippen LogP contribution in [0.5, 0.6) is 0 Å². The van der Waals surface area contributed by atoms with Crippen molar-refractivity contribution >= 4 is 35.1 Å². The standard InChI is InChI=1S/C21H27N5O4S/c1-2-30-20(28)15-6-7-18(23-14-15)25-8-4-9-26(11-10-25)19(27)13-16(24-21(22)29)17-5-3-12-31-17/h3,5-7,12,14,16H,2,4,8-11,13H2,1H3,(H3,22,24,29). The molecule has 0 spiro atoms. The lowest BCUT2D eigenvalue weighted by Gasteiger charge is -2.24. The molecule has 3 heterocycles. The van der Waals surface area contributed by atoms with Crippen molar-refractivity contribution in [2.75, 3.05) is 37.7 Å². The molecule has 3 amide bonds. The molecule has 9 nitrogen and oxygen atoms in total. The number of pyridine rings is 1. The highest BCUT2D eigenvalue weighted by Crippen LogP contribution is 2.23. The average Bonchev–Trinajstić information content (AvgIpc) is 3.17. The molecule has 1 unspecified atom stereocenters. The third-order valence-corrected chi connectivity index (χ3v) is 6.00. The van der Waals surface area contributed by atoms with E-state index in [0.717, 1.165) is 23.7 Å². The van der Waals surface area contributed by atoms with Gasteiger partial charge in [-0.1, -0.05) is 6.07 Å². The maximum atomic E-state index is 12.9. The Hall–Kier alpha value is -3.14. The number of anilines is 1. The van der Waals surface area contributed by atoms with Gasteiger partial charge >= 0.3 is 12.0 Å². The minimum Gasteiger partial charge on any atom is -0.462 e. The zero-order valence-electron chi connectivity index (χ0n) is 17.5. The number of nitrogens with two attached hydrogens (primary N) is 1. The minimum absolute atomic E-state index is 0.0281. The number of nitrogens with zero attached hydrogens (tertiary/aromatic N) is 3. The van der Waals surface area contributed by atoms with Crippen LogP contribution in [0.25, 0.3) is 0 Å². The summed E-state index contributed by atoms with van der Waals surface area (Å²) < 4.78 is 4.99. The molecular weight excluding hydrogens is 418 g/mol. The van der Waals surface area contributed by atoms with Gasteiger partial charge in [0.1, 0.15) is 5.82 Å². The highest BCUT2D eigenvalue weighted by Gasteiger charge is 2.24. The Labute approximate surface area is 185 Å². The first kappa shape index (κ1) is 22.5. The number of carbonyl (C=O) groups excluding carboxylic acids is 3. The summed E-state index contributed by atoms with van der Waals surface area (Å²) in [4.78, 5) is 45.3. The molecule has 1 aliphatic heterocycles. The van der Waals surface area contributed by atoms with Gasteiger partial charge in [0.05, 0.1) is 24.6 Å². The number of thiophene rings is 1.